The number of carbonyl (C=O) groups is 2. The van der Waals surface area contributed by atoms with Crippen LogP contribution in [0.25, 0.3) is 0 Å². The predicted molar refractivity (Wildman–Crippen MR) is 60.4 cm³/mol. The Hall–Kier alpha value is -2.06. The maximum Gasteiger partial charge on any atom is 0.387 e. The Morgan fingerprint density at radius 1 is 1.48 bits per heavy atom. The molecule has 0 aromatic carbocycles. The highest BCUT2D eigenvalue weighted by Gasteiger charge is 2.49. The highest BCUT2D eigenvalue weighted by Crippen LogP contribution is 2.39. The first-order chi connectivity index (χ1) is 9.81. The number of carboxylic acids is 1. The third-order valence-corrected chi connectivity index (χ3v) is 3.44. The molecule has 2 aliphatic rings. The molecule has 5 nitrogen and oxygen atoms in total. The molecule has 0 aromatic heterocycles. The number of rotatable bonds is 4. The number of alkyl halides is 3. The summed E-state index contributed by atoms with van der Waals surface area (Å²) in [5.74, 6) is -8.39. The first-order valence-electron chi connectivity index (χ1n) is 5.99. The van der Waals surface area contributed by atoms with Gasteiger partial charge in [-0.3, -0.25) is 9.59 Å². The van der Waals surface area contributed by atoms with Crippen molar-refractivity contribution in [2.45, 2.75) is 12.8 Å². The highest BCUT2D eigenvalue weighted by molar-refractivity contribution is 5.99. The van der Waals surface area contributed by atoms with Crippen LogP contribution in [-0.4, -0.2) is 36.3 Å². The number of carboxylic acid groups (broad SMARTS) is 1. The van der Waals surface area contributed by atoms with Gasteiger partial charge in [0.2, 0.25) is 5.91 Å². The molecule has 0 radical (unpaired) electrons. The molecule has 9 heteroatoms. The van der Waals surface area contributed by atoms with E-state index in [9.17, 15) is 27.2 Å². The summed E-state index contributed by atoms with van der Waals surface area (Å²) >= 11 is 0. The van der Waals surface area contributed by atoms with Crippen LogP contribution in [0.3, 0.4) is 0 Å². The van der Waals surface area contributed by atoms with Gasteiger partial charge in [0, 0.05) is 18.5 Å². The lowest BCUT2D eigenvalue weighted by Gasteiger charge is -2.28. The van der Waals surface area contributed by atoms with Crippen LogP contribution >= 0.6 is 0 Å². The van der Waals surface area contributed by atoms with Crippen molar-refractivity contribution in [2.24, 2.45) is 17.8 Å². The smallest absolute Gasteiger partial charge is 0.387 e. The van der Waals surface area contributed by atoms with E-state index < -0.39 is 54.0 Å². The number of nitrogens with one attached hydrogen (secondary N) is 1. The Morgan fingerprint density at radius 2 is 2.14 bits per heavy atom. The summed E-state index contributed by atoms with van der Waals surface area (Å²) in [6.45, 7) is -3.44. The Labute approximate surface area is 116 Å². The van der Waals surface area contributed by atoms with Crippen LogP contribution in [0.1, 0.15) is 0 Å². The van der Waals surface area contributed by atoms with E-state index in [4.69, 9.17) is 5.11 Å². The Kier molecular flexibility index (Phi) is 4.19. The van der Waals surface area contributed by atoms with Crippen LogP contribution in [0.15, 0.2) is 23.7 Å². The zero-order valence-electron chi connectivity index (χ0n) is 10.4. The molecular formula is C12H11F4NO4. The average Bonchev–Trinajstić information content (AvgIpc) is 2.69. The molecule has 1 fully saturated rings. The van der Waals surface area contributed by atoms with Crippen molar-refractivity contribution < 1.29 is 37.0 Å². The summed E-state index contributed by atoms with van der Waals surface area (Å²) in [5, 5.41) is 11.2. The molecule has 0 aromatic rings. The third-order valence-electron chi connectivity index (χ3n) is 3.44. The topological polar surface area (TPSA) is 75.6 Å². The summed E-state index contributed by atoms with van der Waals surface area (Å²) in [7, 11) is 0. The molecule has 0 saturated carbocycles. The van der Waals surface area contributed by atoms with E-state index in [0.717, 1.165) is 0 Å². The zero-order valence-corrected chi connectivity index (χ0v) is 10.4. The Bertz CT molecular complexity index is 519. The van der Waals surface area contributed by atoms with Gasteiger partial charge in [-0.1, -0.05) is 0 Å². The van der Waals surface area contributed by atoms with Crippen molar-refractivity contribution in [3.8, 4) is 0 Å². The third kappa shape index (κ3) is 3.01. The molecule has 4 atom stereocenters. The van der Waals surface area contributed by atoms with Gasteiger partial charge in [0.25, 0.3) is 0 Å². The second-order valence-corrected chi connectivity index (χ2v) is 4.67. The molecule has 1 heterocycles. The molecule has 0 spiro atoms. The van der Waals surface area contributed by atoms with E-state index in [1.807, 2.05) is 0 Å². The van der Waals surface area contributed by atoms with E-state index in [1.165, 1.54) is 0 Å². The minimum Gasteiger partial charge on any atom is -0.481 e. The lowest BCUT2D eigenvalue weighted by molar-refractivity contribution is -0.147. The first kappa shape index (κ1) is 15.3. The number of hydrogen-bond donors (Lipinski definition) is 2. The van der Waals surface area contributed by atoms with E-state index in [0.29, 0.717) is 12.2 Å². The average molecular weight is 309 g/mol. The van der Waals surface area contributed by atoms with Crippen LogP contribution in [0.2, 0.25) is 0 Å². The quantitative estimate of drug-likeness (QED) is 0.607. The van der Waals surface area contributed by atoms with E-state index in [-0.39, 0.29) is 6.54 Å². The second kappa shape index (κ2) is 5.74. The molecule has 116 valence electrons. The number of allylic oxidation sites excluding steroid dienone is 3. The van der Waals surface area contributed by atoms with Crippen molar-refractivity contribution in [3.63, 3.8) is 0 Å². The van der Waals surface area contributed by atoms with Crippen molar-refractivity contribution in [1.82, 2.24) is 5.32 Å². The summed E-state index contributed by atoms with van der Waals surface area (Å²) in [6.07, 6.45) is -0.848. The largest absolute Gasteiger partial charge is 0.481 e. The minimum absolute atomic E-state index is 0.207. The van der Waals surface area contributed by atoms with Crippen molar-refractivity contribution in [1.29, 1.82) is 0 Å². The van der Waals surface area contributed by atoms with Gasteiger partial charge in [-0.25, -0.2) is 8.78 Å². The van der Waals surface area contributed by atoms with E-state index >= 15 is 0 Å². The molecule has 2 unspecified atom stereocenters. The summed E-state index contributed by atoms with van der Waals surface area (Å²) in [5.41, 5.74) is 0. The van der Waals surface area contributed by atoms with Gasteiger partial charge in [-0.05, 0) is 6.08 Å². The van der Waals surface area contributed by atoms with Crippen LogP contribution in [0, 0.1) is 17.8 Å². The van der Waals surface area contributed by atoms with Crippen molar-refractivity contribution in [2.75, 3.05) is 6.54 Å². The van der Waals surface area contributed by atoms with Gasteiger partial charge in [-0.15, -0.1) is 0 Å². The molecule has 1 aliphatic carbocycles. The van der Waals surface area contributed by atoms with Gasteiger partial charge < -0.3 is 15.2 Å². The number of ether oxygens (including phenoxy) is 1. The fourth-order valence-corrected chi connectivity index (χ4v) is 2.58. The second-order valence-electron chi connectivity index (χ2n) is 4.67. The maximum atomic E-state index is 14.0. The van der Waals surface area contributed by atoms with Gasteiger partial charge in [0.1, 0.15) is 23.7 Å². The molecule has 1 saturated heterocycles. The molecule has 0 bridgehead atoms. The van der Waals surface area contributed by atoms with Crippen LogP contribution < -0.4 is 5.32 Å². The number of aliphatic carboxylic acids is 1. The Balaban J connectivity index is 2.22. The maximum absolute atomic E-state index is 14.0. The molecule has 2 N–H and O–H groups in total. The fourth-order valence-electron chi connectivity index (χ4n) is 2.58. The van der Waals surface area contributed by atoms with Crippen LogP contribution in [-0.2, 0) is 14.3 Å². The van der Waals surface area contributed by atoms with Crippen molar-refractivity contribution in [3.05, 3.63) is 23.7 Å². The molecule has 2 rings (SSSR count). The first-order valence-corrected chi connectivity index (χ1v) is 5.99. The van der Waals surface area contributed by atoms with Gasteiger partial charge >= 0.3 is 12.6 Å². The molecule has 1 amide bonds. The number of hydrogen-bond acceptors (Lipinski definition) is 3. The molecule has 1 aliphatic heterocycles. The summed E-state index contributed by atoms with van der Waals surface area (Å²) in [6, 6.07) is 0. The fraction of sp³-hybridized carbons (Fsp3) is 0.500. The SMILES string of the molecule is O=C(O)[C@@H]1C(=O)NC[C@H]1C1C(F)=CC(OC(F)F)=CC1F. The van der Waals surface area contributed by atoms with E-state index in [2.05, 4.69) is 10.1 Å². The highest BCUT2D eigenvalue weighted by atomic mass is 19.3. The van der Waals surface area contributed by atoms with Gasteiger partial charge in [0.05, 0.1) is 5.92 Å². The van der Waals surface area contributed by atoms with Crippen LogP contribution in [0.4, 0.5) is 17.6 Å². The normalized spacial score (nSPS) is 32.5. The van der Waals surface area contributed by atoms with Crippen LogP contribution in [0.5, 0.6) is 0 Å². The molecule has 21 heavy (non-hydrogen) atoms. The number of halogens is 4. The van der Waals surface area contributed by atoms with Crippen molar-refractivity contribution >= 4 is 11.9 Å². The van der Waals surface area contributed by atoms with E-state index in [1.54, 1.807) is 0 Å². The predicted octanol–water partition coefficient (Wildman–Crippen LogP) is 1.38. The lowest BCUT2D eigenvalue weighted by atomic mass is 9.78. The number of amides is 1. The Morgan fingerprint density at radius 3 is 2.67 bits per heavy atom. The summed E-state index contributed by atoms with van der Waals surface area (Å²) < 4.78 is 55.9. The van der Waals surface area contributed by atoms with Gasteiger partial charge in [-0.2, -0.15) is 8.78 Å². The monoisotopic (exact) mass is 309 g/mol. The molecular weight excluding hydrogens is 298 g/mol. The standard InChI is InChI=1S/C12H11F4NO4/c13-6-1-4(21-12(15)16)2-7(14)8(6)5-3-17-10(18)9(5)11(19)20/h1-2,5-6,8-9,12H,3H2,(H,17,18)(H,19,20)/t5-,6?,8?,9-/m0/s1. The minimum atomic E-state index is -3.23. The lowest BCUT2D eigenvalue weighted by Crippen LogP contribution is -2.36. The van der Waals surface area contributed by atoms with Gasteiger partial charge in [0.15, 0.2) is 0 Å². The number of carbonyl (C=O) groups excluding carboxylic acids is 1. The zero-order chi connectivity index (χ0) is 15.7. The summed E-state index contributed by atoms with van der Waals surface area (Å²) in [4.78, 5) is 22.4.